The van der Waals surface area contributed by atoms with Gasteiger partial charge in [0.15, 0.2) is 0 Å². The van der Waals surface area contributed by atoms with E-state index < -0.39 is 32.2 Å². The molecule has 0 aromatic heterocycles. The van der Waals surface area contributed by atoms with Gasteiger partial charge in [-0.2, -0.15) is 0 Å². The maximum Gasteiger partial charge on any atom is 0.320 e. The molecule has 7 nitrogen and oxygen atoms in total. The third-order valence-electron chi connectivity index (χ3n) is 2.30. The van der Waals surface area contributed by atoms with Gasteiger partial charge in [-0.05, 0) is 12.1 Å². The van der Waals surface area contributed by atoms with Gasteiger partial charge in [-0.1, -0.05) is 22.6 Å². The fourth-order valence-electron chi connectivity index (χ4n) is 1.34. The van der Waals surface area contributed by atoms with Crippen molar-refractivity contribution in [2.24, 2.45) is 0 Å². The second-order valence-corrected chi connectivity index (χ2v) is 5.12. The van der Waals surface area contributed by atoms with Crippen molar-refractivity contribution in [1.29, 1.82) is 0 Å². The van der Waals surface area contributed by atoms with Crippen LogP contribution >= 0.6 is 22.6 Å². The predicted octanol–water partition coefficient (Wildman–Crippen LogP) is 1.44. The molecule has 0 spiro atoms. The number of benzene rings is 1. The molecule has 1 aromatic carbocycles. The monoisotopic (exact) mass is 396 g/mol. The molecule has 20 heavy (non-hydrogen) atoms. The minimum Gasteiger partial charge on any atom is -0.468 e. The van der Waals surface area contributed by atoms with E-state index in [0.717, 1.165) is 12.1 Å². The van der Waals surface area contributed by atoms with E-state index in [2.05, 4.69) is 10.1 Å². The number of amides is 1. The number of nitro benzene ring substituents is 1. The number of halogens is 2. The van der Waals surface area contributed by atoms with Crippen molar-refractivity contribution < 1.29 is 23.6 Å². The molecule has 108 valence electrons. The van der Waals surface area contributed by atoms with E-state index in [1.807, 2.05) is 0 Å². The molecule has 0 bridgehead atoms. The molecule has 0 aliphatic carbocycles. The van der Waals surface area contributed by atoms with Crippen molar-refractivity contribution in [1.82, 2.24) is 5.32 Å². The molecular formula is C11H10FIN2O5. The summed E-state index contributed by atoms with van der Waals surface area (Å²) in [5.41, 5.74) is -0.907. The van der Waals surface area contributed by atoms with E-state index in [0.29, 0.717) is 6.07 Å². The Morgan fingerprint density at radius 1 is 1.55 bits per heavy atom. The first-order valence-electron chi connectivity index (χ1n) is 5.31. The molecule has 1 amide bonds. The minimum absolute atomic E-state index is 0.0550. The van der Waals surface area contributed by atoms with Crippen LogP contribution in [0.15, 0.2) is 18.2 Å². The van der Waals surface area contributed by atoms with Crippen LogP contribution < -0.4 is 5.32 Å². The number of hydrogen-bond donors (Lipinski definition) is 1. The molecule has 1 rings (SSSR count). The smallest absolute Gasteiger partial charge is 0.320 e. The molecule has 1 unspecified atom stereocenters. The lowest BCUT2D eigenvalue weighted by Gasteiger charge is -2.09. The van der Waals surface area contributed by atoms with Crippen molar-refractivity contribution in [3.8, 4) is 0 Å². The number of carbonyl (C=O) groups excluding carboxylic acids is 2. The Morgan fingerprint density at radius 3 is 2.75 bits per heavy atom. The Kier molecular flexibility index (Phi) is 5.80. The van der Waals surface area contributed by atoms with Crippen LogP contribution in [-0.2, 0) is 9.53 Å². The van der Waals surface area contributed by atoms with Crippen molar-refractivity contribution >= 4 is 40.2 Å². The van der Waals surface area contributed by atoms with E-state index in [1.165, 1.54) is 7.11 Å². The van der Waals surface area contributed by atoms with Gasteiger partial charge in [0, 0.05) is 6.54 Å². The van der Waals surface area contributed by atoms with Crippen LogP contribution in [0.3, 0.4) is 0 Å². The number of ether oxygens (including phenoxy) is 1. The van der Waals surface area contributed by atoms with Gasteiger partial charge < -0.3 is 10.1 Å². The van der Waals surface area contributed by atoms with E-state index in [4.69, 9.17) is 0 Å². The quantitative estimate of drug-likeness (QED) is 0.267. The highest BCUT2D eigenvalue weighted by atomic mass is 127. The summed E-state index contributed by atoms with van der Waals surface area (Å²) in [4.78, 5) is 32.9. The Morgan fingerprint density at radius 2 is 2.20 bits per heavy atom. The highest BCUT2D eigenvalue weighted by Gasteiger charge is 2.22. The number of alkyl halides is 1. The van der Waals surface area contributed by atoms with Crippen molar-refractivity contribution in [2.45, 2.75) is 3.92 Å². The fraction of sp³-hybridized carbons (Fsp3) is 0.273. The molecule has 1 aromatic rings. The summed E-state index contributed by atoms with van der Waals surface area (Å²) >= 11 is 1.76. The van der Waals surface area contributed by atoms with E-state index in [-0.39, 0.29) is 12.1 Å². The van der Waals surface area contributed by atoms with Crippen LogP contribution in [0.1, 0.15) is 10.4 Å². The van der Waals surface area contributed by atoms with Gasteiger partial charge >= 0.3 is 5.97 Å². The molecule has 9 heteroatoms. The van der Waals surface area contributed by atoms with Gasteiger partial charge in [0.1, 0.15) is 15.3 Å². The van der Waals surface area contributed by atoms with Crippen LogP contribution in [0.4, 0.5) is 10.1 Å². The van der Waals surface area contributed by atoms with Gasteiger partial charge in [-0.3, -0.25) is 19.7 Å². The first-order valence-corrected chi connectivity index (χ1v) is 6.55. The first-order chi connectivity index (χ1) is 9.36. The average Bonchev–Trinajstić information content (AvgIpc) is 2.43. The number of esters is 1. The zero-order valence-corrected chi connectivity index (χ0v) is 12.4. The van der Waals surface area contributed by atoms with E-state index in [9.17, 15) is 24.1 Å². The summed E-state index contributed by atoms with van der Waals surface area (Å²) in [6.07, 6.45) is 0. The maximum absolute atomic E-state index is 12.9. The SMILES string of the molecule is COC(=O)C(I)CNC(=O)c1ccc(F)cc1[N+](=O)[O-]. The number of methoxy groups -OCH3 is 1. The third-order valence-corrected chi connectivity index (χ3v) is 3.25. The Bertz CT molecular complexity index is 552. The standard InChI is InChI=1S/C11H10FIN2O5/c1-20-11(17)8(13)5-14-10(16)7-3-2-6(12)4-9(7)15(18)19/h2-4,8H,5H2,1H3,(H,14,16). The molecular weight excluding hydrogens is 386 g/mol. The van der Waals surface area contributed by atoms with Crippen LogP contribution in [0.2, 0.25) is 0 Å². The number of nitrogens with one attached hydrogen (secondary N) is 1. The van der Waals surface area contributed by atoms with Crippen LogP contribution in [-0.4, -0.2) is 34.4 Å². The predicted molar refractivity (Wildman–Crippen MR) is 75.2 cm³/mol. The molecule has 0 aliphatic rings. The van der Waals surface area contributed by atoms with Crippen molar-refractivity contribution in [3.63, 3.8) is 0 Å². The molecule has 0 saturated heterocycles. The highest BCUT2D eigenvalue weighted by molar-refractivity contribution is 14.1. The average molecular weight is 396 g/mol. The van der Waals surface area contributed by atoms with Crippen LogP contribution in [0.25, 0.3) is 0 Å². The Balaban J connectivity index is 2.83. The number of nitro groups is 1. The van der Waals surface area contributed by atoms with Gasteiger partial charge in [0.05, 0.1) is 18.1 Å². The summed E-state index contributed by atoms with van der Waals surface area (Å²) in [7, 11) is 1.21. The molecule has 1 atom stereocenters. The summed E-state index contributed by atoms with van der Waals surface area (Å²) in [6, 6.07) is 2.63. The minimum atomic E-state index is -0.847. The molecule has 0 aliphatic heterocycles. The summed E-state index contributed by atoms with van der Waals surface area (Å²) in [5, 5.41) is 13.1. The van der Waals surface area contributed by atoms with Crippen LogP contribution in [0, 0.1) is 15.9 Å². The molecule has 0 radical (unpaired) electrons. The lowest BCUT2D eigenvalue weighted by molar-refractivity contribution is -0.385. The van der Waals surface area contributed by atoms with Crippen LogP contribution in [0.5, 0.6) is 0 Å². The maximum atomic E-state index is 12.9. The third kappa shape index (κ3) is 4.11. The topological polar surface area (TPSA) is 98.5 Å². The number of rotatable bonds is 5. The number of hydrogen-bond acceptors (Lipinski definition) is 5. The second kappa shape index (κ2) is 7.12. The normalized spacial score (nSPS) is 11.6. The Labute approximate surface area is 126 Å². The molecule has 1 N–H and O–H groups in total. The van der Waals surface area contributed by atoms with Gasteiger partial charge in [0.25, 0.3) is 11.6 Å². The molecule has 0 heterocycles. The van der Waals surface area contributed by atoms with Gasteiger partial charge in [-0.15, -0.1) is 0 Å². The first kappa shape index (κ1) is 16.3. The van der Waals surface area contributed by atoms with Crippen molar-refractivity contribution in [3.05, 3.63) is 39.7 Å². The fourth-order valence-corrected chi connectivity index (χ4v) is 1.81. The van der Waals surface area contributed by atoms with Gasteiger partial charge in [-0.25, -0.2) is 4.39 Å². The number of nitrogens with zero attached hydrogens (tertiary/aromatic N) is 1. The summed E-state index contributed by atoms with van der Waals surface area (Å²) < 4.78 is 16.8. The number of carbonyl (C=O) groups is 2. The zero-order valence-electron chi connectivity index (χ0n) is 10.3. The second-order valence-electron chi connectivity index (χ2n) is 3.62. The molecule has 0 fully saturated rings. The summed E-state index contributed by atoms with van der Waals surface area (Å²) in [5.74, 6) is -2.10. The molecule has 0 saturated carbocycles. The lowest BCUT2D eigenvalue weighted by atomic mass is 10.1. The van der Waals surface area contributed by atoms with Crippen molar-refractivity contribution in [2.75, 3.05) is 13.7 Å². The largest absolute Gasteiger partial charge is 0.468 e. The zero-order chi connectivity index (χ0) is 15.3. The summed E-state index contributed by atoms with van der Waals surface area (Å²) in [6.45, 7) is -0.0550. The highest BCUT2D eigenvalue weighted by Crippen LogP contribution is 2.19. The Hall–Kier alpha value is -1.78. The van der Waals surface area contributed by atoms with E-state index in [1.54, 1.807) is 22.6 Å². The lowest BCUT2D eigenvalue weighted by Crippen LogP contribution is -2.34. The van der Waals surface area contributed by atoms with Gasteiger partial charge in [0.2, 0.25) is 0 Å². The van der Waals surface area contributed by atoms with E-state index >= 15 is 0 Å².